The highest BCUT2D eigenvalue weighted by Gasteiger charge is 2.06. The molecule has 0 spiro atoms. The Morgan fingerprint density at radius 2 is 1.89 bits per heavy atom. The van der Waals surface area contributed by atoms with Gasteiger partial charge in [0.15, 0.2) is 0 Å². The number of rotatable bonds is 4. The van der Waals surface area contributed by atoms with Crippen LogP contribution in [0.2, 0.25) is 0 Å². The van der Waals surface area contributed by atoms with E-state index in [9.17, 15) is 0 Å². The highest BCUT2D eigenvalue weighted by Crippen LogP contribution is 2.26. The van der Waals surface area contributed by atoms with Gasteiger partial charge in [-0.05, 0) is 57.0 Å². The van der Waals surface area contributed by atoms with Crippen molar-refractivity contribution in [2.24, 2.45) is 5.73 Å². The summed E-state index contributed by atoms with van der Waals surface area (Å²) >= 11 is 0. The number of aryl methyl sites for hydroxylation is 3. The predicted octanol–water partition coefficient (Wildman–Crippen LogP) is 3.30. The van der Waals surface area contributed by atoms with E-state index in [2.05, 4.69) is 24.0 Å². The SMILES string of the molecule is Cc1ccc(Oc2ncc(CCN)cc2C)c(C)c1. The van der Waals surface area contributed by atoms with Crippen LogP contribution >= 0.6 is 0 Å². The molecule has 100 valence electrons. The molecule has 1 heterocycles. The van der Waals surface area contributed by atoms with E-state index < -0.39 is 0 Å². The quantitative estimate of drug-likeness (QED) is 0.913. The molecule has 0 aliphatic heterocycles. The van der Waals surface area contributed by atoms with Crippen molar-refractivity contribution < 1.29 is 4.74 Å². The van der Waals surface area contributed by atoms with Crippen LogP contribution in [-0.2, 0) is 6.42 Å². The Morgan fingerprint density at radius 1 is 1.11 bits per heavy atom. The fourth-order valence-corrected chi connectivity index (χ4v) is 2.05. The van der Waals surface area contributed by atoms with Gasteiger partial charge in [-0.2, -0.15) is 0 Å². The number of hydrogen-bond acceptors (Lipinski definition) is 3. The molecule has 3 heteroatoms. The fraction of sp³-hybridized carbons (Fsp3) is 0.312. The van der Waals surface area contributed by atoms with Gasteiger partial charge in [0.25, 0.3) is 0 Å². The van der Waals surface area contributed by atoms with Crippen LogP contribution in [0.3, 0.4) is 0 Å². The Morgan fingerprint density at radius 3 is 2.53 bits per heavy atom. The molecule has 19 heavy (non-hydrogen) atoms. The maximum absolute atomic E-state index is 5.89. The summed E-state index contributed by atoms with van der Waals surface area (Å²) < 4.78 is 5.89. The molecule has 3 nitrogen and oxygen atoms in total. The highest BCUT2D eigenvalue weighted by molar-refractivity contribution is 5.40. The van der Waals surface area contributed by atoms with E-state index in [0.29, 0.717) is 12.4 Å². The van der Waals surface area contributed by atoms with E-state index >= 15 is 0 Å². The predicted molar refractivity (Wildman–Crippen MR) is 77.7 cm³/mol. The van der Waals surface area contributed by atoms with E-state index in [0.717, 1.165) is 28.9 Å². The number of nitrogens with two attached hydrogens (primary N) is 1. The van der Waals surface area contributed by atoms with Crippen molar-refractivity contribution >= 4 is 0 Å². The zero-order valence-electron chi connectivity index (χ0n) is 11.7. The number of aromatic nitrogens is 1. The van der Waals surface area contributed by atoms with Crippen molar-refractivity contribution in [1.82, 2.24) is 4.98 Å². The Hall–Kier alpha value is -1.87. The molecule has 0 radical (unpaired) electrons. The lowest BCUT2D eigenvalue weighted by Gasteiger charge is -2.11. The molecule has 2 rings (SSSR count). The van der Waals surface area contributed by atoms with Gasteiger partial charge < -0.3 is 10.5 Å². The van der Waals surface area contributed by atoms with Gasteiger partial charge in [-0.25, -0.2) is 4.98 Å². The van der Waals surface area contributed by atoms with Gasteiger partial charge in [0.05, 0.1) is 0 Å². The third-order valence-corrected chi connectivity index (χ3v) is 3.06. The molecular formula is C16H20N2O. The average Bonchev–Trinajstić information content (AvgIpc) is 2.36. The molecule has 0 saturated carbocycles. The number of pyridine rings is 1. The second-order valence-electron chi connectivity index (χ2n) is 4.88. The van der Waals surface area contributed by atoms with E-state index in [1.54, 1.807) is 0 Å². The average molecular weight is 256 g/mol. The van der Waals surface area contributed by atoms with Gasteiger partial charge in [-0.3, -0.25) is 0 Å². The standard InChI is InChI=1S/C16H20N2O/c1-11-4-5-15(12(2)8-11)19-16-13(3)9-14(6-7-17)10-18-16/h4-5,8-10H,6-7,17H2,1-3H3. The minimum atomic E-state index is 0.637. The number of benzene rings is 1. The van der Waals surface area contributed by atoms with Gasteiger partial charge in [0, 0.05) is 11.8 Å². The summed E-state index contributed by atoms with van der Waals surface area (Å²) in [6.07, 6.45) is 2.68. The third-order valence-electron chi connectivity index (χ3n) is 3.06. The van der Waals surface area contributed by atoms with Crippen LogP contribution in [0.5, 0.6) is 11.6 Å². The zero-order valence-corrected chi connectivity index (χ0v) is 11.7. The summed E-state index contributed by atoms with van der Waals surface area (Å²) in [4.78, 5) is 4.38. The van der Waals surface area contributed by atoms with Crippen LogP contribution in [0.25, 0.3) is 0 Å². The first-order chi connectivity index (χ1) is 9.10. The Balaban J connectivity index is 2.23. The van der Waals surface area contributed by atoms with Crippen molar-refractivity contribution in [1.29, 1.82) is 0 Å². The van der Waals surface area contributed by atoms with Crippen molar-refractivity contribution in [2.45, 2.75) is 27.2 Å². The molecule has 2 aromatic rings. The lowest BCUT2D eigenvalue weighted by Crippen LogP contribution is -2.04. The van der Waals surface area contributed by atoms with Crippen LogP contribution in [0, 0.1) is 20.8 Å². The van der Waals surface area contributed by atoms with Crippen LogP contribution in [0.15, 0.2) is 30.5 Å². The summed E-state index contributed by atoms with van der Waals surface area (Å²) in [7, 11) is 0. The van der Waals surface area contributed by atoms with Crippen molar-refractivity contribution in [2.75, 3.05) is 6.54 Å². The molecule has 0 saturated heterocycles. The first-order valence-corrected chi connectivity index (χ1v) is 6.51. The van der Waals surface area contributed by atoms with Gasteiger partial charge >= 0.3 is 0 Å². The van der Waals surface area contributed by atoms with E-state index in [1.807, 2.05) is 32.2 Å². The summed E-state index contributed by atoms with van der Waals surface area (Å²) in [6.45, 7) is 6.76. The third kappa shape index (κ3) is 3.32. The monoisotopic (exact) mass is 256 g/mol. The Labute approximate surface area is 114 Å². The normalized spacial score (nSPS) is 10.5. The smallest absolute Gasteiger partial charge is 0.222 e. The van der Waals surface area contributed by atoms with Gasteiger partial charge in [-0.1, -0.05) is 17.7 Å². The van der Waals surface area contributed by atoms with E-state index in [4.69, 9.17) is 10.5 Å². The first-order valence-electron chi connectivity index (χ1n) is 6.51. The highest BCUT2D eigenvalue weighted by atomic mass is 16.5. The lowest BCUT2D eigenvalue weighted by molar-refractivity contribution is 0.455. The maximum Gasteiger partial charge on any atom is 0.222 e. The van der Waals surface area contributed by atoms with Crippen LogP contribution in [0.4, 0.5) is 0 Å². The summed E-state index contributed by atoms with van der Waals surface area (Å²) in [6, 6.07) is 8.21. The van der Waals surface area contributed by atoms with Gasteiger partial charge in [0.1, 0.15) is 5.75 Å². The summed E-state index contributed by atoms with van der Waals surface area (Å²) in [5.41, 5.74) is 10.1. The maximum atomic E-state index is 5.89. The molecule has 0 aliphatic carbocycles. The van der Waals surface area contributed by atoms with E-state index in [1.165, 1.54) is 5.56 Å². The second kappa shape index (κ2) is 5.85. The lowest BCUT2D eigenvalue weighted by atomic mass is 10.1. The fourth-order valence-electron chi connectivity index (χ4n) is 2.05. The number of nitrogens with zero attached hydrogens (tertiary/aromatic N) is 1. The molecule has 0 amide bonds. The Bertz CT molecular complexity index is 579. The van der Waals surface area contributed by atoms with Crippen molar-refractivity contribution in [3.05, 3.63) is 52.7 Å². The molecule has 0 aliphatic rings. The topological polar surface area (TPSA) is 48.1 Å². The summed E-state index contributed by atoms with van der Waals surface area (Å²) in [5, 5.41) is 0. The number of ether oxygens (including phenoxy) is 1. The largest absolute Gasteiger partial charge is 0.438 e. The molecule has 2 N–H and O–H groups in total. The summed E-state index contributed by atoms with van der Waals surface area (Å²) in [5.74, 6) is 1.51. The van der Waals surface area contributed by atoms with Gasteiger partial charge in [0.2, 0.25) is 5.88 Å². The molecule has 0 atom stereocenters. The van der Waals surface area contributed by atoms with Crippen molar-refractivity contribution in [3.8, 4) is 11.6 Å². The van der Waals surface area contributed by atoms with Crippen molar-refractivity contribution in [3.63, 3.8) is 0 Å². The molecule has 0 unspecified atom stereocenters. The molecule has 1 aromatic carbocycles. The number of hydrogen-bond donors (Lipinski definition) is 1. The Kier molecular flexibility index (Phi) is 4.17. The van der Waals surface area contributed by atoms with E-state index in [-0.39, 0.29) is 0 Å². The van der Waals surface area contributed by atoms with Gasteiger partial charge in [-0.15, -0.1) is 0 Å². The molecular weight excluding hydrogens is 236 g/mol. The first kappa shape index (κ1) is 13.6. The van der Waals surface area contributed by atoms with Crippen LogP contribution in [0.1, 0.15) is 22.3 Å². The second-order valence-corrected chi connectivity index (χ2v) is 4.88. The minimum absolute atomic E-state index is 0.637. The van der Waals surface area contributed by atoms with Crippen LogP contribution in [-0.4, -0.2) is 11.5 Å². The minimum Gasteiger partial charge on any atom is -0.438 e. The molecule has 0 bridgehead atoms. The molecule has 0 fully saturated rings. The zero-order chi connectivity index (χ0) is 13.8. The molecule has 1 aromatic heterocycles. The van der Waals surface area contributed by atoms with Crippen LogP contribution < -0.4 is 10.5 Å².